The Morgan fingerprint density at radius 1 is 0.885 bits per heavy atom. The summed E-state index contributed by atoms with van der Waals surface area (Å²) in [6.07, 6.45) is 8.47. The highest BCUT2D eigenvalue weighted by molar-refractivity contribution is 7.90. The van der Waals surface area contributed by atoms with Crippen LogP contribution in [-0.4, -0.2) is 62.9 Å². The Balaban J connectivity index is 1.21. The van der Waals surface area contributed by atoms with E-state index in [4.69, 9.17) is 14.8 Å². The molecule has 0 spiro atoms. The highest BCUT2D eigenvalue weighted by atomic mass is 32.2. The maximum absolute atomic E-state index is 14.1. The minimum Gasteiger partial charge on any atom is -0.444 e. The largest absolute Gasteiger partial charge is 0.444 e. The first-order valence-electron chi connectivity index (χ1n) is 17.6. The molecule has 52 heavy (non-hydrogen) atoms. The van der Waals surface area contributed by atoms with E-state index in [1.807, 2.05) is 81.0 Å². The van der Waals surface area contributed by atoms with Crippen molar-refractivity contribution >= 4 is 32.8 Å². The number of nitrogens with zero attached hydrogens (tertiary/aromatic N) is 5. The lowest BCUT2D eigenvalue weighted by Crippen LogP contribution is -2.44. The summed E-state index contributed by atoms with van der Waals surface area (Å²) in [5.74, 6) is 0. The molecule has 6 aromatic rings. The molecule has 0 bridgehead atoms. The van der Waals surface area contributed by atoms with Crippen LogP contribution in [0, 0.1) is 6.92 Å². The lowest BCUT2D eigenvalue weighted by molar-refractivity contribution is 0.0210. The zero-order valence-corrected chi connectivity index (χ0v) is 31.0. The molecule has 7 rings (SSSR count). The molecule has 1 saturated heterocycles. The predicted octanol–water partition coefficient (Wildman–Crippen LogP) is 8.53. The minimum absolute atomic E-state index is 0.0203. The second-order valence-electron chi connectivity index (χ2n) is 14.5. The number of benzene rings is 3. The molecule has 11 heteroatoms. The first kappa shape index (κ1) is 35.0. The molecule has 0 saturated carbocycles. The van der Waals surface area contributed by atoms with Crippen molar-refractivity contribution in [3.05, 3.63) is 121 Å². The molecule has 4 heterocycles. The lowest BCUT2D eigenvalue weighted by Gasteiger charge is -2.34. The summed E-state index contributed by atoms with van der Waals surface area (Å²) in [6, 6.07) is 27.3. The molecule has 10 nitrogen and oxygen atoms in total. The van der Waals surface area contributed by atoms with Gasteiger partial charge in [-0.05, 0) is 88.9 Å². The van der Waals surface area contributed by atoms with Crippen molar-refractivity contribution in [2.75, 3.05) is 18.4 Å². The number of carbonyl (C=O) groups excluding carboxylic acids is 1. The van der Waals surface area contributed by atoms with Gasteiger partial charge in [-0.15, -0.1) is 0 Å². The second-order valence-corrected chi connectivity index (χ2v) is 16.3. The molecule has 3 aromatic heterocycles. The fourth-order valence-electron chi connectivity index (χ4n) is 6.60. The van der Waals surface area contributed by atoms with Crippen LogP contribution in [0.15, 0.2) is 115 Å². The van der Waals surface area contributed by atoms with Crippen LogP contribution in [0.3, 0.4) is 0 Å². The molecular formula is C41H44N6O4S. The van der Waals surface area contributed by atoms with Gasteiger partial charge in [0.25, 0.3) is 10.0 Å². The van der Waals surface area contributed by atoms with E-state index in [1.165, 1.54) is 3.97 Å². The van der Waals surface area contributed by atoms with Crippen molar-refractivity contribution in [2.24, 2.45) is 0 Å². The van der Waals surface area contributed by atoms with E-state index in [9.17, 15) is 13.2 Å². The molecule has 1 unspecified atom stereocenters. The Labute approximate surface area is 305 Å². The van der Waals surface area contributed by atoms with Crippen molar-refractivity contribution in [3.8, 4) is 22.3 Å². The molecule has 1 fully saturated rings. The molecule has 268 valence electrons. The van der Waals surface area contributed by atoms with Gasteiger partial charge in [0.1, 0.15) is 5.60 Å². The van der Waals surface area contributed by atoms with Gasteiger partial charge in [0.05, 0.1) is 17.1 Å². The third kappa shape index (κ3) is 7.32. The van der Waals surface area contributed by atoms with E-state index in [0.29, 0.717) is 24.1 Å². The van der Waals surface area contributed by atoms with Crippen LogP contribution in [-0.2, 0) is 14.8 Å². The summed E-state index contributed by atoms with van der Waals surface area (Å²) in [5, 5.41) is 9.05. The zero-order chi connectivity index (χ0) is 36.6. The molecule has 1 aliphatic heterocycles. The number of hydrogen-bond donors (Lipinski definition) is 1. The normalized spacial score (nSPS) is 14.8. The number of fused-ring (bicyclic) bond motifs is 1. The number of aromatic nitrogens is 4. The molecule has 0 radical (unpaired) electrons. The number of pyridine rings is 1. The summed E-state index contributed by atoms with van der Waals surface area (Å²) in [7, 11) is -3.96. The number of amides is 1. The van der Waals surface area contributed by atoms with Gasteiger partial charge in [0.15, 0.2) is 5.65 Å². The number of piperidine rings is 1. The molecule has 0 aliphatic carbocycles. The van der Waals surface area contributed by atoms with Crippen LogP contribution in [0.2, 0.25) is 0 Å². The predicted molar refractivity (Wildman–Crippen MR) is 205 cm³/mol. The van der Waals surface area contributed by atoms with Gasteiger partial charge in [-0.2, -0.15) is 5.10 Å². The number of anilines is 1. The Kier molecular flexibility index (Phi) is 9.39. The maximum Gasteiger partial charge on any atom is 0.410 e. The van der Waals surface area contributed by atoms with Crippen LogP contribution in [0.5, 0.6) is 0 Å². The van der Waals surface area contributed by atoms with E-state index >= 15 is 0 Å². The first-order valence-corrected chi connectivity index (χ1v) is 19.1. The van der Waals surface area contributed by atoms with E-state index in [1.54, 1.807) is 47.8 Å². The van der Waals surface area contributed by atoms with Crippen molar-refractivity contribution in [2.45, 2.75) is 70.0 Å². The van der Waals surface area contributed by atoms with Gasteiger partial charge in [0, 0.05) is 65.5 Å². The monoisotopic (exact) mass is 716 g/mol. The fourth-order valence-corrected chi connectivity index (χ4v) is 7.93. The standard InChI is InChI=1S/C41H44N6O4S/c1-28-14-16-36(17-15-28)52(49,50)47-27-38(33-25-43-46(26-33)29(2)30-10-7-6-8-11-30)37-23-32(24-42-39(37)47)31-12-9-13-35(22-31)44-34-18-20-45(21-19-34)40(48)51-41(3,4)5/h6-17,22-27,29,34,44H,18-21H2,1-5H3. The number of rotatable bonds is 8. The second kappa shape index (κ2) is 14.0. The smallest absolute Gasteiger partial charge is 0.410 e. The van der Waals surface area contributed by atoms with Gasteiger partial charge in [-0.25, -0.2) is 22.2 Å². The van der Waals surface area contributed by atoms with Gasteiger partial charge >= 0.3 is 6.09 Å². The van der Waals surface area contributed by atoms with Crippen LogP contribution >= 0.6 is 0 Å². The summed E-state index contributed by atoms with van der Waals surface area (Å²) < 4.78 is 36.9. The van der Waals surface area contributed by atoms with Crippen LogP contribution in [0.1, 0.15) is 57.7 Å². The molecule has 1 atom stereocenters. The first-order chi connectivity index (χ1) is 24.9. The SMILES string of the molecule is Cc1ccc(S(=O)(=O)n2cc(-c3cnn(C(C)c4ccccc4)c3)c3cc(-c4cccc(NC5CCN(C(=O)OC(C)(C)C)CC5)c4)cnc32)cc1. The highest BCUT2D eigenvalue weighted by Crippen LogP contribution is 2.36. The Bertz CT molecular complexity index is 2320. The van der Waals surface area contributed by atoms with Crippen molar-refractivity contribution in [3.63, 3.8) is 0 Å². The van der Waals surface area contributed by atoms with Gasteiger partial charge in [-0.1, -0.05) is 60.2 Å². The number of carbonyl (C=O) groups is 1. The average molecular weight is 717 g/mol. The number of nitrogens with one attached hydrogen (secondary N) is 1. The van der Waals surface area contributed by atoms with Crippen molar-refractivity contribution < 1.29 is 17.9 Å². The van der Waals surface area contributed by atoms with E-state index in [0.717, 1.165) is 51.9 Å². The summed E-state index contributed by atoms with van der Waals surface area (Å²) in [6.45, 7) is 10.9. The lowest BCUT2D eigenvalue weighted by atomic mass is 10.0. The molecule has 1 aliphatic rings. The van der Waals surface area contributed by atoms with Gasteiger partial charge in [-0.3, -0.25) is 4.68 Å². The van der Waals surface area contributed by atoms with Crippen molar-refractivity contribution in [1.82, 2.24) is 23.6 Å². The van der Waals surface area contributed by atoms with Gasteiger partial charge in [0.2, 0.25) is 0 Å². The topological polar surface area (TPSA) is 111 Å². The zero-order valence-electron chi connectivity index (χ0n) is 30.2. The van der Waals surface area contributed by atoms with Crippen molar-refractivity contribution in [1.29, 1.82) is 0 Å². The Hall–Kier alpha value is -5.42. The number of ether oxygens (including phenoxy) is 1. The van der Waals surface area contributed by atoms with E-state index in [2.05, 4.69) is 30.4 Å². The summed E-state index contributed by atoms with van der Waals surface area (Å²) in [5.41, 5.74) is 6.18. The molecule has 1 N–H and O–H groups in total. The van der Waals surface area contributed by atoms with E-state index in [-0.39, 0.29) is 23.1 Å². The Morgan fingerprint density at radius 2 is 1.62 bits per heavy atom. The number of likely N-dealkylation sites (tertiary alicyclic amines) is 1. The average Bonchev–Trinajstić information content (AvgIpc) is 3.77. The van der Waals surface area contributed by atoms with E-state index < -0.39 is 15.6 Å². The van der Waals surface area contributed by atoms with Crippen LogP contribution < -0.4 is 5.32 Å². The number of hydrogen-bond acceptors (Lipinski definition) is 7. The fraction of sp³-hybridized carbons (Fsp3) is 0.293. The highest BCUT2D eigenvalue weighted by Gasteiger charge is 2.27. The number of aryl methyl sites for hydroxylation is 1. The maximum atomic E-state index is 14.1. The quantitative estimate of drug-likeness (QED) is 0.168. The molecular weight excluding hydrogens is 673 g/mol. The minimum atomic E-state index is -3.96. The molecule has 1 amide bonds. The van der Waals surface area contributed by atoms with Gasteiger partial charge < -0.3 is 15.0 Å². The third-order valence-corrected chi connectivity index (χ3v) is 11.2. The van der Waals surface area contributed by atoms with Crippen LogP contribution in [0.4, 0.5) is 10.5 Å². The third-order valence-electron chi connectivity index (χ3n) is 9.49. The molecule has 3 aromatic carbocycles. The summed E-state index contributed by atoms with van der Waals surface area (Å²) >= 11 is 0. The Morgan fingerprint density at radius 3 is 2.33 bits per heavy atom. The van der Waals surface area contributed by atoms with Crippen LogP contribution in [0.25, 0.3) is 33.3 Å². The summed E-state index contributed by atoms with van der Waals surface area (Å²) in [4.78, 5) is 19.3.